The largest absolute Gasteiger partial charge is 0.350 e. The first-order valence-corrected chi connectivity index (χ1v) is 7.87. The number of hydrogen-bond donors (Lipinski definition) is 1. The van der Waals surface area contributed by atoms with Crippen LogP contribution in [0, 0.1) is 5.92 Å². The van der Waals surface area contributed by atoms with Gasteiger partial charge in [0.25, 0.3) is 5.91 Å². The number of carbonyl (C=O) groups excluding carboxylic acids is 1. The van der Waals surface area contributed by atoms with Crippen molar-refractivity contribution in [2.24, 2.45) is 5.92 Å². The maximum atomic E-state index is 11.9. The molecule has 1 heterocycles. The van der Waals surface area contributed by atoms with E-state index in [0.717, 1.165) is 12.8 Å². The maximum Gasteiger partial charge on any atom is 0.253 e. The van der Waals surface area contributed by atoms with Crippen molar-refractivity contribution in [3.05, 3.63) is 20.3 Å². The smallest absolute Gasteiger partial charge is 0.253 e. The second-order valence-corrected chi connectivity index (χ2v) is 6.89. The van der Waals surface area contributed by atoms with Crippen molar-refractivity contribution in [1.29, 1.82) is 0 Å². The van der Waals surface area contributed by atoms with Crippen LogP contribution >= 0.6 is 46.1 Å². The number of alkyl halides is 1. The van der Waals surface area contributed by atoms with E-state index in [2.05, 4.69) is 19.2 Å². The third kappa shape index (κ3) is 4.30. The van der Waals surface area contributed by atoms with Crippen LogP contribution in [0.15, 0.2) is 6.07 Å². The topological polar surface area (TPSA) is 29.1 Å². The third-order valence-corrected chi connectivity index (χ3v) is 4.92. The Morgan fingerprint density at radius 3 is 2.44 bits per heavy atom. The zero-order chi connectivity index (χ0) is 13.7. The Hall–Kier alpha value is 0.0400. The summed E-state index contributed by atoms with van der Waals surface area (Å²) < 4.78 is 0.915. The van der Waals surface area contributed by atoms with Crippen LogP contribution in [0.5, 0.6) is 0 Å². The molecule has 0 bridgehead atoms. The van der Waals surface area contributed by atoms with E-state index < -0.39 is 0 Å². The summed E-state index contributed by atoms with van der Waals surface area (Å²) >= 11 is 19.1. The van der Waals surface area contributed by atoms with Crippen LogP contribution in [-0.2, 0) is 0 Å². The van der Waals surface area contributed by atoms with Crippen LogP contribution < -0.4 is 5.32 Å². The summed E-state index contributed by atoms with van der Waals surface area (Å²) in [7, 11) is 0. The highest BCUT2D eigenvalue weighted by Gasteiger charge is 2.19. The van der Waals surface area contributed by atoms with Gasteiger partial charge in [0.1, 0.15) is 4.34 Å². The Morgan fingerprint density at radius 1 is 1.39 bits per heavy atom. The maximum absolute atomic E-state index is 11.9. The molecule has 0 aliphatic rings. The summed E-state index contributed by atoms with van der Waals surface area (Å²) in [6.45, 7) is 4.64. The molecule has 1 unspecified atom stereocenters. The standard InChI is InChI=1S/C12H16Cl3NOS/c1-3-7(4-2)9(13)6-16-12(17)8-5-10(14)18-11(8)15/h5,7,9H,3-4,6H2,1-2H3,(H,16,17). The molecule has 0 aliphatic carbocycles. The van der Waals surface area contributed by atoms with E-state index in [1.165, 1.54) is 11.3 Å². The molecule has 1 aromatic rings. The van der Waals surface area contributed by atoms with E-state index >= 15 is 0 Å². The van der Waals surface area contributed by atoms with Crippen molar-refractivity contribution in [3.8, 4) is 0 Å². The number of nitrogens with one attached hydrogen (secondary N) is 1. The van der Waals surface area contributed by atoms with E-state index in [1.54, 1.807) is 6.07 Å². The van der Waals surface area contributed by atoms with Gasteiger partial charge in [0.05, 0.1) is 15.3 Å². The van der Waals surface area contributed by atoms with E-state index in [0.29, 0.717) is 26.7 Å². The quantitative estimate of drug-likeness (QED) is 0.745. The minimum absolute atomic E-state index is 0.0585. The van der Waals surface area contributed by atoms with Crippen molar-refractivity contribution in [2.45, 2.75) is 32.1 Å². The highest BCUT2D eigenvalue weighted by Crippen LogP contribution is 2.31. The van der Waals surface area contributed by atoms with E-state index in [4.69, 9.17) is 34.8 Å². The molecule has 0 spiro atoms. The van der Waals surface area contributed by atoms with Crippen molar-refractivity contribution in [2.75, 3.05) is 6.54 Å². The minimum atomic E-state index is -0.222. The van der Waals surface area contributed by atoms with Crippen molar-refractivity contribution in [1.82, 2.24) is 5.32 Å². The fourth-order valence-corrected chi connectivity index (χ4v) is 3.64. The monoisotopic (exact) mass is 327 g/mol. The van der Waals surface area contributed by atoms with Crippen LogP contribution in [0.3, 0.4) is 0 Å². The molecular formula is C12H16Cl3NOS. The third-order valence-electron chi connectivity index (χ3n) is 2.92. The van der Waals surface area contributed by atoms with Crippen LogP contribution in [0.1, 0.15) is 37.0 Å². The van der Waals surface area contributed by atoms with Gasteiger partial charge in [0, 0.05) is 6.54 Å². The summed E-state index contributed by atoms with van der Waals surface area (Å²) in [4.78, 5) is 11.9. The molecule has 0 aliphatic heterocycles. The average Bonchev–Trinajstić information content (AvgIpc) is 2.67. The van der Waals surface area contributed by atoms with Gasteiger partial charge in [-0.05, 0) is 12.0 Å². The molecule has 1 rings (SSSR count). The lowest BCUT2D eigenvalue weighted by Gasteiger charge is -2.19. The highest BCUT2D eigenvalue weighted by molar-refractivity contribution is 7.20. The molecule has 2 nitrogen and oxygen atoms in total. The van der Waals surface area contributed by atoms with Crippen molar-refractivity contribution >= 4 is 52.0 Å². The van der Waals surface area contributed by atoms with Gasteiger partial charge in [-0.3, -0.25) is 4.79 Å². The number of rotatable bonds is 6. The molecule has 1 aromatic heterocycles. The van der Waals surface area contributed by atoms with Crippen molar-refractivity contribution in [3.63, 3.8) is 0 Å². The summed E-state index contributed by atoms with van der Waals surface area (Å²) in [5.74, 6) is 0.188. The Morgan fingerprint density at radius 2 is 2.00 bits per heavy atom. The fourth-order valence-electron chi connectivity index (χ4n) is 1.75. The Kier molecular flexibility index (Phi) is 6.78. The summed E-state index contributed by atoms with van der Waals surface area (Å²) in [5, 5.41) is 2.74. The van der Waals surface area contributed by atoms with Gasteiger partial charge in [-0.15, -0.1) is 22.9 Å². The molecule has 102 valence electrons. The van der Waals surface area contributed by atoms with Crippen molar-refractivity contribution < 1.29 is 4.79 Å². The molecule has 0 fully saturated rings. The Bertz CT molecular complexity index is 404. The second kappa shape index (κ2) is 7.59. The molecule has 1 N–H and O–H groups in total. The normalized spacial score (nSPS) is 12.8. The predicted octanol–water partition coefficient (Wildman–Crippen LogP) is 4.83. The average molecular weight is 329 g/mol. The number of amides is 1. The highest BCUT2D eigenvalue weighted by atomic mass is 35.5. The minimum Gasteiger partial charge on any atom is -0.350 e. The molecule has 6 heteroatoms. The van der Waals surface area contributed by atoms with Gasteiger partial charge in [-0.2, -0.15) is 0 Å². The number of halogens is 3. The Labute approximate surface area is 127 Å². The summed E-state index contributed by atoms with van der Waals surface area (Å²) in [5.41, 5.74) is 0.417. The lowest BCUT2D eigenvalue weighted by Crippen LogP contribution is -2.33. The van der Waals surface area contributed by atoms with Gasteiger partial charge in [0.2, 0.25) is 0 Å². The number of hydrogen-bond acceptors (Lipinski definition) is 2. The lowest BCUT2D eigenvalue weighted by molar-refractivity contribution is 0.0952. The van der Waals surface area contributed by atoms with E-state index in [1.807, 2.05) is 0 Å². The molecule has 0 radical (unpaired) electrons. The number of thiophene rings is 1. The van der Waals surface area contributed by atoms with Gasteiger partial charge in [-0.1, -0.05) is 49.9 Å². The van der Waals surface area contributed by atoms with Gasteiger partial charge < -0.3 is 5.32 Å². The predicted molar refractivity (Wildman–Crippen MR) is 80.4 cm³/mol. The van der Waals surface area contributed by atoms with E-state index in [9.17, 15) is 4.79 Å². The molecule has 1 amide bonds. The summed E-state index contributed by atoms with van der Waals surface area (Å²) in [6, 6.07) is 1.57. The zero-order valence-electron chi connectivity index (χ0n) is 10.3. The SMILES string of the molecule is CCC(CC)C(Cl)CNC(=O)c1cc(Cl)sc1Cl. The van der Waals surface area contributed by atoms with Crippen LogP contribution in [0.25, 0.3) is 0 Å². The molecule has 0 saturated heterocycles. The Balaban J connectivity index is 2.53. The lowest BCUT2D eigenvalue weighted by atomic mass is 9.99. The molecule has 0 saturated carbocycles. The number of carbonyl (C=O) groups is 1. The van der Waals surface area contributed by atoms with Gasteiger partial charge in [0.15, 0.2) is 0 Å². The zero-order valence-corrected chi connectivity index (χ0v) is 13.4. The molecular weight excluding hydrogens is 313 g/mol. The van der Waals surface area contributed by atoms with Gasteiger partial charge >= 0.3 is 0 Å². The fraction of sp³-hybridized carbons (Fsp3) is 0.583. The molecule has 0 aromatic carbocycles. The molecule has 1 atom stereocenters. The second-order valence-electron chi connectivity index (χ2n) is 4.04. The van der Waals surface area contributed by atoms with E-state index in [-0.39, 0.29) is 11.3 Å². The van der Waals surface area contributed by atoms with Crippen LogP contribution in [-0.4, -0.2) is 17.8 Å². The summed E-state index contributed by atoms with van der Waals surface area (Å²) in [6.07, 6.45) is 2.01. The first kappa shape index (κ1) is 16.1. The first-order chi connectivity index (χ1) is 8.49. The van der Waals surface area contributed by atoms with Crippen LogP contribution in [0.4, 0.5) is 0 Å². The first-order valence-electron chi connectivity index (χ1n) is 5.86. The van der Waals surface area contributed by atoms with Gasteiger partial charge in [-0.25, -0.2) is 0 Å². The van der Waals surface area contributed by atoms with Crippen LogP contribution in [0.2, 0.25) is 8.67 Å². The molecule has 18 heavy (non-hydrogen) atoms.